The van der Waals surface area contributed by atoms with E-state index in [1.165, 1.54) is 5.56 Å². The average molecular weight is 508 g/mol. The Balaban J connectivity index is 0.00000392. The Morgan fingerprint density at radius 1 is 1.11 bits per heavy atom. The molecule has 0 aliphatic heterocycles. The summed E-state index contributed by atoms with van der Waals surface area (Å²) in [6.45, 7) is 6.01. The van der Waals surface area contributed by atoms with E-state index in [2.05, 4.69) is 30.9 Å². The van der Waals surface area contributed by atoms with Crippen molar-refractivity contribution in [3.63, 3.8) is 0 Å². The first-order valence-corrected chi connectivity index (χ1v) is 8.61. The molecule has 0 saturated carbocycles. The van der Waals surface area contributed by atoms with Gasteiger partial charge in [-0.2, -0.15) is 13.2 Å². The summed E-state index contributed by atoms with van der Waals surface area (Å²) in [6.07, 6.45) is -3.41. The first kappa shape index (κ1) is 23.9. The Hall–Kier alpha value is -2.11. The summed E-state index contributed by atoms with van der Waals surface area (Å²) in [7, 11) is 0. The third-order valence-electron chi connectivity index (χ3n) is 3.66. The van der Waals surface area contributed by atoms with Gasteiger partial charge in [-0.25, -0.2) is 15.0 Å². The summed E-state index contributed by atoms with van der Waals surface area (Å²) in [6, 6.07) is 8.84. The number of guanidine groups is 1. The summed E-state index contributed by atoms with van der Waals surface area (Å²) >= 11 is 0. The van der Waals surface area contributed by atoms with Crippen LogP contribution in [-0.4, -0.2) is 35.6 Å². The Labute approximate surface area is 179 Å². The van der Waals surface area contributed by atoms with Crippen LogP contribution in [0.5, 0.6) is 0 Å². The zero-order valence-corrected chi connectivity index (χ0v) is 18.0. The summed E-state index contributed by atoms with van der Waals surface area (Å²) in [4.78, 5) is 11.8. The van der Waals surface area contributed by atoms with Crippen LogP contribution in [0.1, 0.15) is 23.7 Å². The van der Waals surface area contributed by atoms with Crippen LogP contribution in [0.15, 0.2) is 41.5 Å². The van der Waals surface area contributed by atoms with Crippen LogP contribution in [-0.2, 0) is 12.7 Å². The fourth-order valence-electron chi connectivity index (χ4n) is 2.25. The maximum Gasteiger partial charge on any atom is 0.433 e. The lowest BCUT2D eigenvalue weighted by molar-refractivity contribution is -0.141. The number of hydrogen-bond donors (Lipinski definition) is 3. The number of rotatable bonds is 7. The number of hydrogen-bond acceptors (Lipinski definition) is 4. The lowest BCUT2D eigenvalue weighted by atomic mass is 10.1. The maximum atomic E-state index is 12.6. The van der Waals surface area contributed by atoms with Gasteiger partial charge in [-0.15, -0.1) is 24.0 Å². The van der Waals surface area contributed by atoms with Crippen LogP contribution in [0, 0.1) is 6.92 Å². The van der Waals surface area contributed by atoms with Gasteiger partial charge in [-0.3, -0.25) is 0 Å². The molecule has 28 heavy (non-hydrogen) atoms. The number of anilines is 1. The molecule has 0 aliphatic rings. The highest BCUT2D eigenvalue weighted by Crippen LogP contribution is 2.27. The molecule has 0 radical (unpaired) electrons. The van der Waals surface area contributed by atoms with Crippen LogP contribution >= 0.6 is 24.0 Å². The third kappa shape index (κ3) is 7.87. The van der Waals surface area contributed by atoms with E-state index in [0.717, 1.165) is 17.8 Å². The van der Waals surface area contributed by atoms with Gasteiger partial charge in [0.2, 0.25) is 5.95 Å². The molecule has 0 amide bonds. The smallest absolute Gasteiger partial charge is 0.357 e. The topological polar surface area (TPSA) is 74.2 Å². The SMILES string of the molecule is CCNC(=NCc1ccccc1C)NCCNc1nccc(C(F)(F)F)n1.I. The van der Waals surface area contributed by atoms with E-state index in [9.17, 15) is 13.2 Å². The molecule has 10 heteroatoms. The van der Waals surface area contributed by atoms with E-state index in [1.54, 1.807) is 0 Å². The molecule has 1 aromatic carbocycles. The minimum Gasteiger partial charge on any atom is -0.357 e. The van der Waals surface area contributed by atoms with Crippen molar-refractivity contribution >= 4 is 35.9 Å². The van der Waals surface area contributed by atoms with Crippen molar-refractivity contribution in [3.8, 4) is 0 Å². The largest absolute Gasteiger partial charge is 0.433 e. The number of alkyl halides is 3. The number of benzene rings is 1. The van der Waals surface area contributed by atoms with Crippen LogP contribution in [0.4, 0.5) is 19.1 Å². The van der Waals surface area contributed by atoms with Crippen molar-refractivity contribution in [3.05, 3.63) is 53.3 Å². The fraction of sp³-hybridized carbons (Fsp3) is 0.389. The van der Waals surface area contributed by atoms with Crippen LogP contribution in [0.3, 0.4) is 0 Å². The summed E-state index contributed by atoms with van der Waals surface area (Å²) in [5.74, 6) is 0.570. The van der Waals surface area contributed by atoms with Gasteiger partial charge in [0.05, 0.1) is 6.54 Å². The monoisotopic (exact) mass is 508 g/mol. The highest BCUT2D eigenvalue weighted by Gasteiger charge is 2.32. The molecule has 0 fully saturated rings. The average Bonchev–Trinajstić information content (AvgIpc) is 2.64. The normalized spacial score (nSPS) is 11.5. The second-order valence-corrected chi connectivity index (χ2v) is 5.74. The van der Waals surface area contributed by atoms with Gasteiger partial charge in [0.1, 0.15) is 5.69 Å². The predicted octanol–water partition coefficient (Wildman–Crippen LogP) is 3.59. The van der Waals surface area contributed by atoms with Gasteiger partial charge >= 0.3 is 6.18 Å². The molecule has 2 rings (SSSR count). The van der Waals surface area contributed by atoms with Crippen molar-refractivity contribution in [2.45, 2.75) is 26.6 Å². The molecule has 0 aliphatic carbocycles. The minimum atomic E-state index is -4.49. The van der Waals surface area contributed by atoms with E-state index in [4.69, 9.17) is 0 Å². The fourth-order valence-corrected chi connectivity index (χ4v) is 2.25. The summed E-state index contributed by atoms with van der Waals surface area (Å²) in [5, 5.41) is 9.03. The zero-order chi connectivity index (χ0) is 19.7. The third-order valence-corrected chi connectivity index (χ3v) is 3.66. The first-order chi connectivity index (χ1) is 12.9. The van der Waals surface area contributed by atoms with Gasteiger partial charge in [-0.05, 0) is 31.0 Å². The van der Waals surface area contributed by atoms with Crippen molar-refractivity contribution in [2.24, 2.45) is 4.99 Å². The van der Waals surface area contributed by atoms with E-state index in [0.29, 0.717) is 32.1 Å². The second-order valence-electron chi connectivity index (χ2n) is 5.74. The molecule has 6 nitrogen and oxygen atoms in total. The molecule has 0 atom stereocenters. The lowest BCUT2D eigenvalue weighted by Gasteiger charge is -2.13. The number of nitrogens with zero attached hydrogens (tertiary/aromatic N) is 3. The van der Waals surface area contributed by atoms with E-state index in [1.807, 2.05) is 38.1 Å². The quantitative estimate of drug-likeness (QED) is 0.231. The summed E-state index contributed by atoms with van der Waals surface area (Å²) in [5.41, 5.74) is 1.33. The van der Waals surface area contributed by atoms with Crippen molar-refractivity contribution in [2.75, 3.05) is 25.0 Å². The van der Waals surface area contributed by atoms with Gasteiger partial charge in [-0.1, -0.05) is 24.3 Å². The van der Waals surface area contributed by atoms with E-state index in [-0.39, 0.29) is 29.9 Å². The Morgan fingerprint density at radius 3 is 2.54 bits per heavy atom. The first-order valence-electron chi connectivity index (χ1n) is 8.61. The molecule has 2 aromatic rings. The highest BCUT2D eigenvalue weighted by atomic mass is 127. The second kappa shape index (κ2) is 11.7. The van der Waals surface area contributed by atoms with E-state index >= 15 is 0 Å². The van der Waals surface area contributed by atoms with Gasteiger partial charge < -0.3 is 16.0 Å². The standard InChI is InChI=1S/C18H23F3N6.HI/c1-3-22-16(26-12-14-7-5-4-6-13(14)2)24-10-11-25-17-23-9-8-15(27-17)18(19,20)21;/h4-9H,3,10-12H2,1-2H3,(H2,22,24,26)(H,23,25,27);1H. The molecule has 1 heterocycles. The maximum absolute atomic E-state index is 12.6. The van der Waals surface area contributed by atoms with Crippen molar-refractivity contribution in [1.29, 1.82) is 0 Å². The number of aryl methyl sites for hydroxylation is 1. The van der Waals surface area contributed by atoms with Crippen molar-refractivity contribution in [1.82, 2.24) is 20.6 Å². The van der Waals surface area contributed by atoms with E-state index < -0.39 is 11.9 Å². The van der Waals surface area contributed by atoms with Crippen LogP contribution < -0.4 is 16.0 Å². The molecule has 0 unspecified atom stereocenters. The van der Waals surface area contributed by atoms with Crippen LogP contribution in [0.2, 0.25) is 0 Å². The molecular weight excluding hydrogens is 484 g/mol. The predicted molar refractivity (Wildman–Crippen MR) is 115 cm³/mol. The van der Waals surface area contributed by atoms with Crippen molar-refractivity contribution < 1.29 is 13.2 Å². The Kier molecular flexibility index (Phi) is 9.97. The lowest BCUT2D eigenvalue weighted by Crippen LogP contribution is -2.39. The number of aromatic nitrogens is 2. The van der Waals surface area contributed by atoms with Gasteiger partial charge in [0.25, 0.3) is 0 Å². The van der Waals surface area contributed by atoms with Crippen LogP contribution in [0.25, 0.3) is 0 Å². The number of nitrogens with one attached hydrogen (secondary N) is 3. The van der Waals surface area contributed by atoms with Gasteiger partial charge in [0.15, 0.2) is 5.96 Å². The molecule has 3 N–H and O–H groups in total. The molecule has 0 saturated heterocycles. The minimum absolute atomic E-state index is 0. The summed E-state index contributed by atoms with van der Waals surface area (Å²) < 4.78 is 37.9. The number of halogens is 4. The highest BCUT2D eigenvalue weighted by molar-refractivity contribution is 14.0. The van der Waals surface area contributed by atoms with Gasteiger partial charge in [0, 0.05) is 25.8 Å². The molecule has 0 spiro atoms. The molecule has 0 bridgehead atoms. The molecule has 1 aromatic heterocycles. The Bertz CT molecular complexity index is 767. The Morgan fingerprint density at radius 2 is 1.86 bits per heavy atom. The zero-order valence-electron chi connectivity index (χ0n) is 15.7. The number of aliphatic imine (C=N–C) groups is 1. The molecule has 154 valence electrons. The molecular formula is C18H24F3IN6.